The van der Waals surface area contributed by atoms with Crippen molar-refractivity contribution in [1.29, 1.82) is 0 Å². The molecular formula is C15H25N5O4S. The molecule has 0 saturated heterocycles. The molecule has 0 bridgehead atoms. The van der Waals surface area contributed by atoms with Crippen LogP contribution < -0.4 is 10.6 Å². The van der Waals surface area contributed by atoms with Crippen molar-refractivity contribution in [2.45, 2.75) is 46.4 Å². The van der Waals surface area contributed by atoms with Gasteiger partial charge in [0.05, 0.1) is 37.3 Å². The van der Waals surface area contributed by atoms with Gasteiger partial charge >= 0.3 is 0 Å². The minimum Gasteiger partial charge on any atom is -0.349 e. The standard InChI is InChI=1S/C15H25N5O4S/c1-10(2)14(17-11(3)21)15(22)16-8-12-7-13-9-19(25(4,23)24)5-6-20(13)18-12/h7,10,14H,5-6,8-9H2,1-4H3,(H,16,22)(H,17,21)/t14-/m1/s1. The van der Waals surface area contributed by atoms with Gasteiger partial charge in [0, 0.05) is 13.5 Å². The van der Waals surface area contributed by atoms with E-state index >= 15 is 0 Å². The Hall–Kier alpha value is -1.94. The smallest absolute Gasteiger partial charge is 0.243 e. The van der Waals surface area contributed by atoms with Gasteiger partial charge in [-0.15, -0.1) is 0 Å². The van der Waals surface area contributed by atoms with E-state index < -0.39 is 16.1 Å². The van der Waals surface area contributed by atoms with E-state index in [1.807, 2.05) is 13.8 Å². The fourth-order valence-electron chi connectivity index (χ4n) is 2.71. The summed E-state index contributed by atoms with van der Waals surface area (Å²) in [7, 11) is -3.24. The van der Waals surface area contributed by atoms with Crippen LogP contribution in [0.25, 0.3) is 0 Å². The molecule has 2 N–H and O–H groups in total. The predicted molar refractivity (Wildman–Crippen MR) is 91.8 cm³/mol. The van der Waals surface area contributed by atoms with Crippen LogP contribution >= 0.6 is 0 Å². The van der Waals surface area contributed by atoms with E-state index in [-0.39, 0.29) is 30.8 Å². The van der Waals surface area contributed by atoms with Crippen LogP contribution in [-0.4, -0.2) is 53.2 Å². The summed E-state index contributed by atoms with van der Waals surface area (Å²) < 4.78 is 26.5. The van der Waals surface area contributed by atoms with Crippen molar-refractivity contribution in [3.63, 3.8) is 0 Å². The minimum absolute atomic E-state index is 0.0394. The molecule has 1 atom stereocenters. The van der Waals surface area contributed by atoms with Crippen molar-refractivity contribution < 1.29 is 18.0 Å². The number of sulfonamides is 1. The first-order valence-corrected chi connectivity index (χ1v) is 9.98. The fraction of sp³-hybridized carbons (Fsp3) is 0.667. The monoisotopic (exact) mass is 371 g/mol. The molecule has 0 unspecified atom stereocenters. The summed E-state index contributed by atoms with van der Waals surface area (Å²) >= 11 is 0. The average molecular weight is 371 g/mol. The third-order valence-corrected chi connectivity index (χ3v) is 5.28. The lowest BCUT2D eigenvalue weighted by Crippen LogP contribution is -2.48. The quantitative estimate of drug-likeness (QED) is 0.696. The Morgan fingerprint density at radius 2 is 2.00 bits per heavy atom. The lowest BCUT2D eigenvalue weighted by Gasteiger charge is -2.25. The summed E-state index contributed by atoms with van der Waals surface area (Å²) in [5.74, 6) is -0.566. The number of carbonyl (C=O) groups excluding carboxylic acids is 2. The second-order valence-electron chi connectivity index (χ2n) is 6.59. The highest BCUT2D eigenvalue weighted by Gasteiger charge is 2.26. The number of fused-ring (bicyclic) bond motifs is 1. The summed E-state index contributed by atoms with van der Waals surface area (Å²) in [5, 5.41) is 9.81. The van der Waals surface area contributed by atoms with Gasteiger partial charge in [-0.3, -0.25) is 14.3 Å². The molecule has 0 spiro atoms. The number of amides is 2. The minimum atomic E-state index is -3.24. The molecule has 1 aromatic rings. The first-order valence-electron chi connectivity index (χ1n) is 8.13. The van der Waals surface area contributed by atoms with Gasteiger partial charge in [-0.2, -0.15) is 9.40 Å². The molecule has 0 fully saturated rings. The number of hydrogen-bond donors (Lipinski definition) is 2. The van der Waals surface area contributed by atoms with Gasteiger partial charge < -0.3 is 10.6 Å². The van der Waals surface area contributed by atoms with Crippen LogP contribution in [-0.2, 0) is 39.2 Å². The number of hydrogen-bond acceptors (Lipinski definition) is 5. The van der Waals surface area contributed by atoms with Gasteiger partial charge in [0.15, 0.2) is 0 Å². The zero-order valence-corrected chi connectivity index (χ0v) is 15.8. The van der Waals surface area contributed by atoms with Crippen LogP contribution in [0.2, 0.25) is 0 Å². The van der Waals surface area contributed by atoms with Gasteiger partial charge in [0.25, 0.3) is 0 Å². The summed E-state index contributed by atoms with van der Waals surface area (Å²) in [4.78, 5) is 23.5. The maximum absolute atomic E-state index is 12.3. The van der Waals surface area contributed by atoms with Crippen LogP contribution in [0.4, 0.5) is 0 Å². The molecule has 2 heterocycles. The molecule has 0 aliphatic carbocycles. The molecule has 25 heavy (non-hydrogen) atoms. The van der Waals surface area contributed by atoms with E-state index in [0.29, 0.717) is 18.8 Å². The van der Waals surface area contributed by atoms with E-state index in [2.05, 4.69) is 15.7 Å². The Morgan fingerprint density at radius 1 is 1.32 bits per heavy atom. The molecular weight excluding hydrogens is 346 g/mol. The maximum Gasteiger partial charge on any atom is 0.243 e. The van der Waals surface area contributed by atoms with Crippen LogP contribution in [0.5, 0.6) is 0 Å². The maximum atomic E-state index is 12.3. The summed E-state index contributed by atoms with van der Waals surface area (Å²) in [6.45, 7) is 6.46. The molecule has 0 radical (unpaired) electrons. The van der Waals surface area contributed by atoms with Gasteiger partial charge in [-0.05, 0) is 12.0 Å². The van der Waals surface area contributed by atoms with E-state index in [0.717, 1.165) is 5.69 Å². The van der Waals surface area contributed by atoms with E-state index in [9.17, 15) is 18.0 Å². The van der Waals surface area contributed by atoms with Crippen molar-refractivity contribution in [1.82, 2.24) is 24.7 Å². The first kappa shape index (κ1) is 19.4. The molecule has 0 aromatic carbocycles. The lowest BCUT2D eigenvalue weighted by molar-refractivity contribution is -0.129. The third kappa shape index (κ3) is 5.02. The number of nitrogens with zero attached hydrogens (tertiary/aromatic N) is 3. The van der Waals surface area contributed by atoms with Crippen molar-refractivity contribution >= 4 is 21.8 Å². The van der Waals surface area contributed by atoms with Crippen molar-refractivity contribution in [2.24, 2.45) is 5.92 Å². The SMILES string of the molecule is CC(=O)N[C@@H](C(=O)NCc1cc2n(n1)CCN(S(C)(=O)=O)C2)C(C)C. The van der Waals surface area contributed by atoms with Crippen LogP contribution in [0.15, 0.2) is 6.07 Å². The highest BCUT2D eigenvalue weighted by Crippen LogP contribution is 2.16. The van der Waals surface area contributed by atoms with Gasteiger partial charge in [0.2, 0.25) is 21.8 Å². The molecule has 10 heteroatoms. The van der Waals surface area contributed by atoms with Crippen LogP contribution in [0.3, 0.4) is 0 Å². The van der Waals surface area contributed by atoms with Crippen LogP contribution in [0.1, 0.15) is 32.2 Å². The predicted octanol–water partition coefficient (Wildman–Crippen LogP) is -0.565. The zero-order chi connectivity index (χ0) is 18.8. The lowest BCUT2D eigenvalue weighted by atomic mass is 10.0. The first-order chi connectivity index (χ1) is 11.6. The zero-order valence-electron chi connectivity index (χ0n) is 14.9. The van der Waals surface area contributed by atoms with Gasteiger partial charge in [-0.25, -0.2) is 8.42 Å². The van der Waals surface area contributed by atoms with Crippen molar-refractivity contribution in [3.8, 4) is 0 Å². The number of aromatic nitrogens is 2. The van der Waals surface area contributed by atoms with E-state index in [4.69, 9.17) is 0 Å². The Morgan fingerprint density at radius 3 is 2.56 bits per heavy atom. The normalized spacial score (nSPS) is 16.4. The second kappa shape index (κ2) is 7.52. The number of nitrogens with one attached hydrogen (secondary N) is 2. The summed E-state index contributed by atoms with van der Waals surface area (Å²) in [5.41, 5.74) is 1.45. The molecule has 0 saturated carbocycles. The van der Waals surface area contributed by atoms with Crippen molar-refractivity contribution in [3.05, 3.63) is 17.5 Å². The topological polar surface area (TPSA) is 113 Å². The highest BCUT2D eigenvalue weighted by atomic mass is 32.2. The number of rotatable bonds is 6. The molecule has 9 nitrogen and oxygen atoms in total. The Bertz CT molecular complexity index is 756. The molecule has 2 amide bonds. The summed E-state index contributed by atoms with van der Waals surface area (Å²) in [6, 6.07) is 1.19. The van der Waals surface area contributed by atoms with Crippen LogP contribution in [0, 0.1) is 5.92 Å². The molecule has 140 valence electrons. The van der Waals surface area contributed by atoms with E-state index in [1.54, 1.807) is 10.7 Å². The Labute approximate surface area is 147 Å². The largest absolute Gasteiger partial charge is 0.349 e. The number of carbonyl (C=O) groups is 2. The third-order valence-electron chi connectivity index (χ3n) is 4.03. The average Bonchev–Trinajstić information content (AvgIpc) is 2.90. The fourth-order valence-corrected chi connectivity index (χ4v) is 3.49. The highest BCUT2D eigenvalue weighted by molar-refractivity contribution is 7.88. The molecule has 1 aromatic heterocycles. The van der Waals surface area contributed by atoms with Gasteiger partial charge in [-0.1, -0.05) is 13.8 Å². The molecule has 1 aliphatic rings. The van der Waals surface area contributed by atoms with Gasteiger partial charge in [0.1, 0.15) is 6.04 Å². The van der Waals surface area contributed by atoms with Crippen molar-refractivity contribution in [2.75, 3.05) is 12.8 Å². The Balaban J connectivity index is 2.00. The molecule has 1 aliphatic heterocycles. The molecule has 2 rings (SSSR count). The second-order valence-corrected chi connectivity index (χ2v) is 8.57. The Kier molecular flexibility index (Phi) is 5.83. The summed E-state index contributed by atoms with van der Waals surface area (Å²) in [6.07, 6.45) is 1.19. The van der Waals surface area contributed by atoms with E-state index in [1.165, 1.54) is 17.5 Å².